The number of aromatic nitrogens is 1. The summed E-state index contributed by atoms with van der Waals surface area (Å²) in [6.45, 7) is 2.93. The van der Waals surface area contributed by atoms with Gasteiger partial charge in [0, 0.05) is 24.0 Å². The van der Waals surface area contributed by atoms with Crippen molar-refractivity contribution in [3.05, 3.63) is 47.5 Å². The van der Waals surface area contributed by atoms with Crippen molar-refractivity contribution in [3.63, 3.8) is 0 Å². The van der Waals surface area contributed by atoms with Gasteiger partial charge in [0.05, 0.1) is 36.7 Å². The molecule has 0 unspecified atom stereocenters. The van der Waals surface area contributed by atoms with Crippen LogP contribution in [0.4, 0.5) is 5.69 Å². The number of aromatic hydroxyl groups is 1. The molecule has 170 valence electrons. The van der Waals surface area contributed by atoms with Crippen LogP contribution in [-0.2, 0) is 6.54 Å². The zero-order chi connectivity index (χ0) is 22.5. The summed E-state index contributed by atoms with van der Waals surface area (Å²) in [6.07, 6.45) is 7.30. The summed E-state index contributed by atoms with van der Waals surface area (Å²) in [5.74, 6) is 1.33. The van der Waals surface area contributed by atoms with Crippen LogP contribution >= 0.6 is 0 Å². The maximum absolute atomic E-state index is 10.7. The van der Waals surface area contributed by atoms with Crippen molar-refractivity contribution in [1.82, 2.24) is 10.3 Å². The highest BCUT2D eigenvalue weighted by Crippen LogP contribution is 2.37. The van der Waals surface area contributed by atoms with Gasteiger partial charge in [0.25, 0.3) is 0 Å². The Labute approximate surface area is 189 Å². The summed E-state index contributed by atoms with van der Waals surface area (Å²) in [4.78, 5) is 7.91. The molecule has 6 nitrogen and oxygen atoms in total. The van der Waals surface area contributed by atoms with Crippen LogP contribution < -0.4 is 14.8 Å². The Morgan fingerprint density at radius 2 is 1.75 bits per heavy atom. The minimum absolute atomic E-state index is 0.101. The zero-order valence-corrected chi connectivity index (χ0v) is 19.2. The Morgan fingerprint density at radius 3 is 2.41 bits per heavy atom. The number of aliphatic imine (C=N–C) groups is 1. The van der Waals surface area contributed by atoms with Crippen molar-refractivity contribution >= 4 is 22.3 Å². The molecule has 3 N–H and O–H groups in total. The lowest BCUT2D eigenvalue weighted by atomic mass is 9.95. The van der Waals surface area contributed by atoms with E-state index in [1.807, 2.05) is 31.2 Å². The van der Waals surface area contributed by atoms with Crippen LogP contribution in [0.15, 0.2) is 41.4 Å². The summed E-state index contributed by atoms with van der Waals surface area (Å²) < 4.78 is 10.8. The molecule has 1 aromatic heterocycles. The third-order valence-corrected chi connectivity index (χ3v) is 6.31. The third-order valence-electron chi connectivity index (χ3n) is 6.31. The first kappa shape index (κ1) is 22.2. The molecule has 0 amide bonds. The Hall–Kier alpha value is -2.99. The summed E-state index contributed by atoms with van der Waals surface area (Å²) in [6, 6.07) is 12.7. The molecule has 0 spiro atoms. The number of nitrogens with zero attached hydrogens (tertiary/aromatic N) is 1. The fourth-order valence-corrected chi connectivity index (χ4v) is 4.52. The van der Waals surface area contributed by atoms with E-state index in [2.05, 4.69) is 22.4 Å². The molecule has 0 bridgehead atoms. The minimum Gasteiger partial charge on any atom is -0.494 e. The van der Waals surface area contributed by atoms with Crippen molar-refractivity contribution < 1.29 is 14.6 Å². The van der Waals surface area contributed by atoms with Crippen LogP contribution in [0.3, 0.4) is 0 Å². The third kappa shape index (κ3) is 4.75. The predicted octanol–water partition coefficient (Wildman–Crippen LogP) is 5.84. The molecular formula is C26H33N3O3. The van der Waals surface area contributed by atoms with E-state index < -0.39 is 0 Å². The van der Waals surface area contributed by atoms with Gasteiger partial charge in [-0.3, -0.25) is 4.99 Å². The van der Waals surface area contributed by atoms with Crippen molar-refractivity contribution in [1.29, 1.82) is 0 Å². The SMILES string of the molecule is CCC(=Nc1ccc(CNC2CCCCC2)cc1)c1c(O)[nH]c2cc(OC)c(OC)cc12. The van der Waals surface area contributed by atoms with E-state index >= 15 is 0 Å². The van der Waals surface area contributed by atoms with Crippen LogP contribution in [-0.4, -0.2) is 36.1 Å². The van der Waals surface area contributed by atoms with E-state index in [4.69, 9.17) is 14.5 Å². The number of H-pyrrole nitrogens is 1. The summed E-state index contributed by atoms with van der Waals surface area (Å²) in [7, 11) is 3.20. The van der Waals surface area contributed by atoms with Crippen LogP contribution in [0.2, 0.25) is 0 Å². The van der Waals surface area contributed by atoms with Gasteiger partial charge in [-0.15, -0.1) is 0 Å². The van der Waals surface area contributed by atoms with Crippen molar-refractivity contribution in [2.24, 2.45) is 4.99 Å². The Balaban J connectivity index is 1.57. The highest BCUT2D eigenvalue weighted by atomic mass is 16.5. The second kappa shape index (κ2) is 10.1. The van der Waals surface area contributed by atoms with Gasteiger partial charge in [0.2, 0.25) is 0 Å². The Morgan fingerprint density at radius 1 is 1.06 bits per heavy atom. The molecular weight excluding hydrogens is 402 g/mol. The van der Waals surface area contributed by atoms with E-state index in [1.54, 1.807) is 14.2 Å². The average Bonchev–Trinajstić information content (AvgIpc) is 3.16. The Bertz CT molecular complexity index is 1080. The van der Waals surface area contributed by atoms with Crippen LogP contribution in [0.25, 0.3) is 10.9 Å². The molecule has 4 rings (SSSR count). The van der Waals surface area contributed by atoms with Crippen LogP contribution in [0, 0.1) is 0 Å². The highest BCUT2D eigenvalue weighted by molar-refractivity contribution is 6.14. The fraction of sp³-hybridized carbons (Fsp3) is 0.423. The average molecular weight is 436 g/mol. The molecule has 0 atom stereocenters. The second-order valence-corrected chi connectivity index (χ2v) is 8.40. The number of methoxy groups -OCH3 is 2. The normalized spacial score (nSPS) is 15.3. The van der Waals surface area contributed by atoms with Gasteiger partial charge < -0.3 is 24.9 Å². The van der Waals surface area contributed by atoms with Gasteiger partial charge in [-0.1, -0.05) is 38.3 Å². The number of aromatic amines is 1. The maximum Gasteiger partial charge on any atom is 0.198 e. The molecule has 1 saturated carbocycles. The molecule has 1 fully saturated rings. The molecule has 32 heavy (non-hydrogen) atoms. The highest BCUT2D eigenvalue weighted by Gasteiger charge is 2.19. The number of rotatable bonds is 8. The van der Waals surface area contributed by atoms with Crippen LogP contribution in [0.1, 0.15) is 56.6 Å². The predicted molar refractivity (Wildman–Crippen MR) is 130 cm³/mol. The lowest BCUT2D eigenvalue weighted by molar-refractivity contribution is 0.356. The first-order chi connectivity index (χ1) is 15.6. The zero-order valence-electron chi connectivity index (χ0n) is 19.2. The van der Waals surface area contributed by atoms with Gasteiger partial charge in [-0.25, -0.2) is 0 Å². The topological polar surface area (TPSA) is 78.9 Å². The summed E-state index contributed by atoms with van der Waals surface area (Å²) in [5, 5.41) is 15.2. The molecule has 6 heteroatoms. The number of hydrogen-bond acceptors (Lipinski definition) is 5. The van der Waals surface area contributed by atoms with E-state index in [9.17, 15) is 5.11 Å². The van der Waals surface area contributed by atoms with Crippen molar-refractivity contribution in [2.45, 2.75) is 58.0 Å². The Kier molecular flexibility index (Phi) is 7.00. The van der Waals surface area contributed by atoms with Gasteiger partial charge in [0.1, 0.15) is 0 Å². The second-order valence-electron chi connectivity index (χ2n) is 8.40. The van der Waals surface area contributed by atoms with Crippen LogP contribution in [0.5, 0.6) is 17.4 Å². The lowest BCUT2D eigenvalue weighted by Gasteiger charge is -2.22. The number of nitrogens with one attached hydrogen (secondary N) is 2. The smallest absolute Gasteiger partial charge is 0.198 e. The van der Waals surface area contributed by atoms with Crippen molar-refractivity contribution in [2.75, 3.05) is 14.2 Å². The number of fused-ring (bicyclic) bond motifs is 1. The molecule has 0 radical (unpaired) electrons. The van der Waals surface area contributed by atoms with Gasteiger partial charge in [0.15, 0.2) is 17.4 Å². The van der Waals surface area contributed by atoms with E-state index in [1.165, 1.54) is 37.7 Å². The van der Waals surface area contributed by atoms with Gasteiger partial charge in [-0.05, 0) is 43.0 Å². The molecule has 3 aromatic rings. The lowest BCUT2D eigenvalue weighted by Crippen LogP contribution is -2.30. The first-order valence-corrected chi connectivity index (χ1v) is 11.5. The number of benzene rings is 2. The van der Waals surface area contributed by atoms with E-state index in [0.717, 1.165) is 28.8 Å². The van der Waals surface area contributed by atoms with E-state index in [-0.39, 0.29) is 5.88 Å². The number of hydrogen-bond donors (Lipinski definition) is 3. The summed E-state index contributed by atoms with van der Waals surface area (Å²) in [5.41, 5.74) is 4.43. The molecule has 0 aliphatic heterocycles. The standard InChI is InChI=1S/C26H33N3O3/c1-4-21(25-20-14-23(31-2)24(32-3)15-22(20)29-26(25)30)28-19-12-10-17(11-13-19)16-27-18-8-6-5-7-9-18/h10-15,18,27,29-30H,4-9,16H2,1-3H3. The largest absolute Gasteiger partial charge is 0.494 e. The van der Waals surface area contributed by atoms with Crippen molar-refractivity contribution in [3.8, 4) is 17.4 Å². The molecule has 1 heterocycles. The first-order valence-electron chi connectivity index (χ1n) is 11.5. The molecule has 1 aliphatic rings. The van der Waals surface area contributed by atoms with Gasteiger partial charge >= 0.3 is 0 Å². The quantitative estimate of drug-likeness (QED) is 0.388. The summed E-state index contributed by atoms with van der Waals surface area (Å²) >= 11 is 0. The maximum atomic E-state index is 10.7. The molecule has 0 saturated heterocycles. The van der Waals surface area contributed by atoms with Gasteiger partial charge in [-0.2, -0.15) is 0 Å². The minimum atomic E-state index is 0.101. The fourth-order valence-electron chi connectivity index (χ4n) is 4.52. The molecule has 2 aromatic carbocycles. The van der Waals surface area contributed by atoms with E-state index in [0.29, 0.717) is 29.5 Å². The molecule has 1 aliphatic carbocycles. The number of ether oxygens (including phenoxy) is 2. The monoisotopic (exact) mass is 435 g/mol.